The van der Waals surface area contributed by atoms with E-state index in [4.69, 9.17) is 10.5 Å². The van der Waals surface area contributed by atoms with Gasteiger partial charge in [-0.2, -0.15) is 0 Å². The molecule has 24 heavy (non-hydrogen) atoms. The topological polar surface area (TPSA) is 93.4 Å². The van der Waals surface area contributed by atoms with E-state index in [0.717, 1.165) is 5.56 Å². The smallest absolute Gasteiger partial charge is 0.319 e. The molecule has 0 aliphatic heterocycles. The Morgan fingerprint density at radius 2 is 1.96 bits per heavy atom. The zero-order chi connectivity index (χ0) is 17.9. The molecule has 2 aromatic rings. The van der Waals surface area contributed by atoms with Crippen LogP contribution < -0.4 is 21.1 Å². The number of thiophene rings is 1. The number of anilines is 1. The highest BCUT2D eigenvalue weighted by atomic mass is 32.1. The summed E-state index contributed by atoms with van der Waals surface area (Å²) in [6, 6.07) is 6.17. The molecule has 3 amide bonds. The Morgan fingerprint density at radius 3 is 2.50 bits per heavy atom. The Morgan fingerprint density at radius 1 is 1.25 bits per heavy atom. The third-order valence-electron chi connectivity index (χ3n) is 3.63. The van der Waals surface area contributed by atoms with Crippen molar-refractivity contribution >= 4 is 29.0 Å². The fraction of sp³-hybridized carbons (Fsp3) is 0.294. The first-order valence-corrected chi connectivity index (χ1v) is 8.25. The zero-order valence-corrected chi connectivity index (χ0v) is 14.9. The molecule has 0 aliphatic rings. The number of carbonyl (C=O) groups excluding carboxylic acids is 2. The van der Waals surface area contributed by atoms with Crippen molar-refractivity contribution in [2.24, 2.45) is 5.73 Å². The van der Waals surface area contributed by atoms with Gasteiger partial charge in [-0.15, -0.1) is 11.3 Å². The number of urea groups is 1. The Hall–Kier alpha value is -2.54. The van der Waals surface area contributed by atoms with Crippen LogP contribution in [-0.4, -0.2) is 19.0 Å². The maximum absolute atomic E-state index is 12.3. The van der Waals surface area contributed by atoms with Crippen LogP contribution in [0.25, 0.3) is 0 Å². The minimum Gasteiger partial charge on any atom is -0.495 e. The Balaban J connectivity index is 2.13. The minimum atomic E-state index is -0.571. The van der Waals surface area contributed by atoms with Crippen molar-refractivity contribution in [3.05, 3.63) is 45.1 Å². The summed E-state index contributed by atoms with van der Waals surface area (Å²) in [7, 11) is 1.49. The van der Waals surface area contributed by atoms with Gasteiger partial charge < -0.3 is 21.1 Å². The van der Waals surface area contributed by atoms with E-state index in [1.54, 1.807) is 23.5 Å². The monoisotopic (exact) mass is 347 g/mol. The van der Waals surface area contributed by atoms with Gasteiger partial charge in [-0.25, -0.2) is 4.79 Å². The van der Waals surface area contributed by atoms with Gasteiger partial charge in [0.05, 0.1) is 18.8 Å². The summed E-state index contributed by atoms with van der Waals surface area (Å²) in [6.07, 6.45) is 0. The van der Waals surface area contributed by atoms with Gasteiger partial charge in [-0.1, -0.05) is 0 Å². The fourth-order valence-corrected chi connectivity index (χ4v) is 3.49. The van der Waals surface area contributed by atoms with Crippen LogP contribution in [-0.2, 0) is 0 Å². The molecule has 6 nitrogen and oxygen atoms in total. The number of nitrogens with one attached hydrogen (secondary N) is 2. The van der Waals surface area contributed by atoms with Crippen molar-refractivity contribution in [1.29, 1.82) is 0 Å². The lowest BCUT2D eigenvalue weighted by molar-refractivity contribution is 0.1000. The second-order valence-electron chi connectivity index (χ2n) is 5.47. The van der Waals surface area contributed by atoms with Crippen molar-refractivity contribution in [3.63, 3.8) is 0 Å². The van der Waals surface area contributed by atoms with Gasteiger partial charge in [-0.3, -0.25) is 4.79 Å². The van der Waals surface area contributed by atoms with Crippen LogP contribution in [0.3, 0.4) is 0 Å². The molecule has 0 saturated carbocycles. The van der Waals surface area contributed by atoms with Gasteiger partial charge >= 0.3 is 6.03 Å². The van der Waals surface area contributed by atoms with E-state index in [-0.39, 0.29) is 12.1 Å². The van der Waals surface area contributed by atoms with Gasteiger partial charge in [0.15, 0.2) is 0 Å². The van der Waals surface area contributed by atoms with Crippen molar-refractivity contribution in [1.82, 2.24) is 5.32 Å². The lowest BCUT2D eigenvalue weighted by atomic mass is 10.1. The number of benzene rings is 1. The number of hydrogen-bond acceptors (Lipinski definition) is 4. The zero-order valence-electron chi connectivity index (χ0n) is 14.1. The summed E-state index contributed by atoms with van der Waals surface area (Å²) in [5.74, 6) is -0.121. The highest BCUT2D eigenvalue weighted by Crippen LogP contribution is 2.27. The predicted molar refractivity (Wildman–Crippen MR) is 95.9 cm³/mol. The summed E-state index contributed by atoms with van der Waals surface area (Å²) >= 11 is 1.70. The number of primary amides is 1. The summed E-state index contributed by atoms with van der Waals surface area (Å²) < 4.78 is 5.20. The number of ether oxygens (including phenoxy) is 1. The predicted octanol–water partition coefficient (Wildman–Crippen LogP) is 3.36. The number of amides is 3. The van der Waals surface area contributed by atoms with E-state index in [1.165, 1.54) is 22.9 Å². The van der Waals surface area contributed by atoms with Crippen molar-refractivity contribution in [3.8, 4) is 5.75 Å². The Bertz CT molecular complexity index is 770. The average molecular weight is 347 g/mol. The summed E-state index contributed by atoms with van der Waals surface area (Å²) in [5, 5.41) is 5.59. The maximum atomic E-state index is 12.3. The van der Waals surface area contributed by atoms with E-state index in [2.05, 4.69) is 16.7 Å². The second-order valence-corrected chi connectivity index (χ2v) is 6.93. The number of nitrogens with two attached hydrogens (primary N) is 1. The molecule has 0 saturated heterocycles. The van der Waals surface area contributed by atoms with E-state index in [9.17, 15) is 9.59 Å². The van der Waals surface area contributed by atoms with Crippen LogP contribution in [0.1, 0.15) is 38.6 Å². The SMILES string of the molecule is COc1ccc(C(N)=O)cc1NC(=O)NC(C)c1cc(C)sc1C. The van der Waals surface area contributed by atoms with E-state index in [0.29, 0.717) is 17.0 Å². The molecule has 0 radical (unpaired) electrons. The summed E-state index contributed by atoms with van der Waals surface area (Å²) in [5.41, 5.74) is 7.04. The largest absolute Gasteiger partial charge is 0.495 e. The van der Waals surface area contributed by atoms with Crippen molar-refractivity contribution in [2.75, 3.05) is 12.4 Å². The Labute approximate surface area is 145 Å². The lowest BCUT2D eigenvalue weighted by Gasteiger charge is -2.16. The standard InChI is InChI=1S/C17H21N3O3S/c1-9-7-13(11(3)24-9)10(2)19-17(22)20-14-8-12(16(18)21)5-6-15(14)23-4/h5-8,10H,1-4H3,(H2,18,21)(H2,19,20,22). The van der Waals surface area contributed by atoms with E-state index >= 15 is 0 Å². The highest BCUT2D eigenvalue weighted by molar-refractivity contribution is 7.12. The normalized spacial score (nSPS) is 11.7. The molecular weight excluding hydrogens is 326 g/mol. The van der Waals surface area contributed by atoms with Gasteiger partial charge in [-0.05, 0) is 50.6 Å². The first kappa shape index (κ1) is 17.8. The molecule has 4 N–H and O–H groups in total. The Kier molecular flexibility index (Phi) is 5.46. The lowest BCUT2D eigenvalue weighted by Crippen LogP contribution is -2.31. The summed E-state index contributed by atoms with van der Waals surface area (Å²) in [4.78, 5) is 25.9. The molecule has 0 aliphatic carbocycles. The van der Waals surface area contributed by atoms with Crippen molar-refractivity contribution < 1.29 is 14.3 Å². The third kappa shape index (κ3) is 4.05. The second kappa shape index (κ2) is 7.35. The number of methoxy groups -OCH3 is 1. The molecule has 1 heterocycles. The molecule has 2 rings (SSSR count). The van der Waals surface area contributed by atoms with Crippen LogP contribution in [0.15, 0.2) is 24.3 Å². The van der Waals surface area contributed by atoms with Crippen molar-refractivity contribution in [2.45, 2.75) is 26.8 Å². The van der Waals surface area contributed by atoms with Crippen LogP contribution in [0, 0.1) is 13.8 Å². The molecule has 1 unspecified atom stereocenters. The number of carbonyl (C=O) groups is 2. The minimum absolute atomic E-state index is 0.139. The molecule has 1 aromatic heterocycles. The first-order valence-electron chi connectivity index (χ1n) is 7.44. The maximum Gasteiger partial charge on any atom is 0.319 e. The molecule has 0 fully saturated rings. The molecule has 128 valence electrons. The highest BCUT2D eigenvalue weighted by Gasteiger charge is 2.16. The number of aryl methyl sites for hydroxylation is 2. The van der Waals surface area contributed by atoms with Gasteiger partial charge in [0.2, 0.25) is 5.91 Å². The average Bonchev–Trinajstić information content (AvgIpc) is 2.85. The van der Waals surface area contributed by atoms with Gasteiger partial charge in [0, 0.05) is 15.3 Å². The van der Waals surface area contributed by atoms with Crippen LogP contribution in [0.2, 0.25) is 0 Å². The number of hydrogen-bond donors (Lipinski definition) is 3. The molecule has 7 heteroatoms. The molecule has 1 atom stereocenters. The molecule has 1 aromatic carbocycles. The van der Waals surface area contributed by atoms with Crippen LogP contribution in [0.5, 0.6) is 5.75 Å². The van der Waals surface area contributed by atoms with Gasteiger partial charge in [0.1, 0.15) is 5.75 Å². The van der Waals surface area contributed by atoms with Gasteiger partial charge in [0.25, 0.3) is 0 Å². The van der Waals surface area contributed by atoms with E-state index in [1.807, 2.05) is 20.8 Å². The summed E-state index contributed by atoms with van der Waals surface area (Å²) in [6.45, 7) is 5.99. The number of rotatable bonds is 5. The van der Waals surface area contributed by atoms with E-state index < -0.39 is 5.91 Å². The molecule has 0 spiro atoms. The molecule has 0 bridgehead atoms. The molecular formula is C17H21N3O3S. The first-order chi connectivity index (χ1) is 11.3. The quantitative estimate of drug-likeness (QED) is 0.774. The third-order valence-corrected chi connectivity index (χ3v) is 4.61. The van der Waals surface area contributed by atoms with Crippen LogP contribution >= 0.6 is 11.3 Å². The fourth-order valence-electron chi connectivity index (χ4n) is 2.47. The van der Waals surface area contributed by atoms with Crippen LogP contribution in [0.4, 0.5) is 10.5 Å².